The molecule has 1 aromatic carbocycles. The number of anilines is 1. The van der Waals surface area contributed by atoms with E-state index in [0.29, 0.717) is 15.0 Å². The molecule has 0 radical (unpaired) electrons. The Kier molecular flexibility index (Phi) is 5.23. The maximum atomic E-state index is 11.9. The molecule has 1 amide bonds. The van der Waals surface area contributed by atoms with Crippen LogP contribution in [0.15, 0.2) is 40.6 Å². The Balaban J connectivity index is 1.93. The van der Waals surface area contributed by atoms with Crippen LogP contribution in [0.2, 0.25) is 9.36 Å². The number of halogens is 2. The highest BCUT2D eigenvalue weighted by molar-refractivity contribution is 7.91. The van der Waals surface area contributed by atoms with E-state index in [9.17, 15) is 13.2 Å². The highest BCUT2D eigenvalue weighted by Crippen LogP contribution is 2.25. The SMILES string of the molecule is O=C(CNS(=O)(=O)c1ccc(Cl)s1)Nc1ccc(Cl)cc1. The van der Waals surface area contributed by atoms with Crippen molar-refractivity contribution in [3.05, 3.63) is 45.8 Å². The summed E-state index contributed by atoms with van der Waals surface area (Å²) in [5.74, 6) is -0.483. The van der Waals surface area contributed by atoms with Crippen molar-refractivity contribution in [2.24, 2.45) is 0 Å². The van der Waals surface area contributed by atoms with Crippen molar-refractivity contribution in [3.63, 3.8) is 0 Å². The molecular formula is C12H10Cl2N2O3S2. The Hall–Kier alpha value is -1.12. The van der Waals surface area contributed by atoms with Gasteiger partial charge in [0.05, 0.1) is 10.9 Å². The van der Waals surface area contributed by atoms with Crippen molar-refractivity contribution in [1.29, 1.82) is 0 Å². The number of hydrogen-bond donors (Lipinski definition) is 2. The first-order valence-corrected chi connectivity index (χ1v) is 8.73. The van der Waals surface area contributed by atoms with Gasteiger partial charge in [-0.3, -0.25) is 4.79 Å². The maximum Gasteiger partial charge on any atom is 0.250 e. The molecule has 0 spiro atoms. The monoisotopic (exact) mass is 364 g/mol. The molecule has 0 aliphatic carbocycles. The molecule has 0 saturated heterocycles. The second-order valence-electron chi connectivity index (χ2n) is 3.94. The minimum Gasteiger partial charge on any atom is -0.325 e. The van der Waals surface area contributed by atoms with Gasteiger partial charge in [0.25, 0.3) is 10.0 Å². The van der Waals surface area contributed by atoms with Gasteiger partial charge >= 0.3 is 0 Å². The predicted molar refractivity (Wildman–Crippen MR) is 84.6 cm³/mol. The molecule has 1 heterocycles. The molecule has 2 aromatic rings. The van der Waals surface area contributed by atoms with Gasteiger partial charge in [-0.05, 0) is 36.4 Å². The standard InChI is InChI=1S/C12H10Cl2N2O3S2/c13-8-1-3-9(4-2-8)16-11(17)7-15-21(18,19)12-6-5-10(14)20-12/h1-6,15H,7H2,(H,16,17). The lowest BCUT2D eigenvalue weighted by atomic mass is 10.3. The zero-order valence-corrected chi connectivity index (χ0v) is 13.6. The Bertz CT molecular complexity index is 742. The van der Waals surface area contributed by atoms with Crippen molar-refractivity contribution >= 4 is 56.2 Å². The Labute approximate surface area is 135 Å². The molecule has 0 atom stereocenters. The highest BCUT2D eigenvalue weighted by Gasteiger charge is 2.17. The van der Waals surface area contributed by atoms with Gasteiger partial charge in [-0.1, -0.05) is 23.2 Å². The zero-order chi connectivity index (χ0) is 15.5. The van der Waals surface area contributed by atoms with Gasteiger partial charge in [0.2, 0.25) is 5.91 Å². The van der Waals surface area contributed by atoms with Gasteiger partial charge in [-0.2, -0.15) is 0 Å². The zero-order valence-electron chi connectivity index (χ0n) is 10.5. The van der Waals surface area contributed by atoms with Crippen LogP contribution >= 0.6 is 34.5 Å². The van der Waals surface area contributed by atoms with Gasteiger partial charge in [0.1, 0.15) is 4.21 Å². The average molecular weight is 365 g/mol. The predicted octanol–water partition coefficient (Wildman–Crippen LogP) is 2.97. The van der Waals surface area contributed by atoms with E-state index in [1.165, 1.54) is 12.1 Å². The van der Waals surface area contributed by atoms with E-state index >= 15 is 0 Å². The summed E-state index contributed by atoms with van der Waals surface area (Å²) in [6, 6.07) is 9.34. The molecule has 0 aliphatic rings. The number of sulfonamides is 1. The molecule has 2 N–H and O–H groups in total. The van der Waals surface area contributed by atoms with E-state index in [2.05, 4.69) is 10.0 Å². The summed E-state index contributed by atoms with van der Waals surface area (Å²) < 4.78 is 26.4. The Morgan fingerprint density at radius 3 is 2.33 bits per heavy atom. The van der Waals surface area contributed by atoms with Crippen molar-refractivity contribution in [2.75, 3.05) is 11.9 Å². The molecule has 9 heteroatoms. The number of hydrogen-bond acceptors (Lipinski definition) is 4. The van der Waals surface area contributed by atoms with Crippen LogP contribution in [-0.4, -0.2) is 20.9 Å². The number of carbonyl (C=O) groups excluding carboxylic acids is 1. The molecular weight excluding hydrogens is 355 g/mol. The minimum absolute atomic E-state index is 0.0618. The fourth-order valence-corrected chi connectivity index (χ4v) is 4.05. The summed E-state index contributed by atoms with van der Waals surface area (Å²) in [4.78, 5) is 11.7. The molecule has 5 nitrogen and oxygen atoms in total. The molecule has 0 saturated carbocycles. The number of amides is 1. The first-order chi connectivity index (χ1) is 9.87. The molecule has 0 unspecified atom stereocenters. The van der Waals surface area contributed by atoms with Crippen LogP contribution < -0.4 is 10.0 Å². The number of nitrogens with one attached hydrogen (secondary N) is 2. The van der Waals surface area contributed by atoms with E-state index in [4.69, 9.17) is 23.2 Å². The van der Waals surface area contributed by atoms with Crippen LogP contribution in [0, 0.1) is 0 Å². The molecule has 21 heavy (non-hydrogen) atoms. The van der Waals surface area contributed by atoms with Crippen LogP contribution in [0.1, 0.15) is 0 Å². The molecule has 0 fully saturated rings. The second-order valence-corrected chi connectivity index (χ2v) is 8.08. The Morgan fingerprint density at radius 1 is 1.10 bits per heavy atom. The lowest BCUT2D eigenvalue weighted by Gasteiger charge is -2.06. The van der Waals surface area contributed by atoms with Gasteiger partial charge in [0, 0.05) is 10.7 Å². The third kappa shape index (κ3) is 4.69. The van der Waals surface area contributed by atoms with Crippen LogP contribution in [0.5, 0.6) is 0 Å². The second kappa shape index (κ2) is 6.76. The molecule has 1 aromatic heterocycles. The van der Waals surface area contributed by atoms with Gasteiger partial charge in [0.15, 0.2) is 0 Å². The first kappa shape index (κ1) is 16.3. The lowest BCUT2D eigenvalue weighted by molar-refractivity contribution is -0.115. The van der Waals surface area contributed by atoms with E-state index < -0.39 is 15.9 Å². The fraction of sp³-hybridized carbons (Fsp3) is 0.0833. The number of thiophene rings is 1. The summed E-state index contributed by atoms with van der Waals surface area (Å²) in [6.45, 7) is -0.375. The van der Waals surface area contributed by atoms with Gasteiger partial charge in [-0.15, -0.1) is 11.3 Å². The third-order valence-electron chi connectivity index (χ3n) is 2.36. The average Bonchev–Trinajstić information content (AvgIpc) is 2.87. The van der Waals surface area contributed by atoms with Crippen LogP contribution in [0.4, 0.5) is 5.69 Å². The van der Waals surface area contributed by atoms with Gasteiger partial charge < -0.3 is 5.32 Å². The maximum absolute atomic E-state index is 11.9. The first-order valence-electron chi connectivity index (χ1n) is 5.67. The molecule has 2 rings (SSSR count). The molecule has 0 bridgehead atoms. The van der Waals surface area contributed by atoms with Crippen molar-refractivity contribution < 1.29 is 13.2 Å². The minimum atomic E-state index is -3.73. The summed E-state index contributed by atoms with van der Waals surface area (Å²) in [5, 5.41) is 3.10. The normalized spacial score (nSPS) is 11.3. The summed E-state index contributed by atoms with van der Waals surface area (Å²) in [7, 11) is -3.73. The smallest absolute Gasteiger partial charge is 0.250 e. The molecule has 0 aliphatic heterocycles. The number of benzene rings is 1. The quantitative estimate of drug-likeness (QED) is 0.856. The summed E-state index contributed by atoms with van der Waals surface area (Å²) in [6.07, 6.45) is 0. The lowest BCUT2D eigenvalue weighted by Crippen LogP contribution is -2.32. The third-order valence-corrected chi connectivity index (χ3v) is 5.74. The largest absolute Gasteiger partial charge is 0.325 e. The molecule has 112 valence electrons. The van der Waals surface area contributed by atoms with E-state index in [1.54, 1.807) is 24.3 Å². The number of rotatable bonds is 5. The van der Waals surface area contributed by atoms with E-state index in [-0.39, 0.29) is 10.8 Å². The van der Waals surface area contributed by atoms with Crippen LogP contribution in [0.3, 0.4) is 0 Å². The summed E-state index contributed by atoms with van der Waals surface area (Å²) >= 11 is 12.3. The summed E-state index contributed by atoms with van der Waals surface area (Å²) in [5.41, 5.74) is 0.530. The van der Waals surface area contributed by atoms with Gasteiger partial charge in [-0.25, -0.2) is 13.1 Å². The fourth-order valence-electron chi connectivity index (χ4n) is 1.41. The van der Waals surface area contributed by atoms with Crippen LogP contribution in [-0.2, 0) is 14.8 Å². The van der Waals surface area contributed by atoms with Crippen molar-refractivity contribution in [1.82, 2.24) is 4.72 Å². The van der Waals surface area contributed by atoms with E-state index in [1.807, 2.05) is 0 Å². The number of carbonyl (C=O) groups is 1. The van der Waals surface area contributed by atoms with Crippen molar-refractivity contribution in [3.8, 4) is 0 Å². The highest BCUT2D eigenvalue weighted by atomic mass is 35.5. The van der Waals surface area contributed by atoms with Crippen LogP contribution in [0.25, 0.3) is 0 Å². The van der Waals surface area contributed by atoms with Crippen molar-refractivity contribution in [2.45, 2.75) is 4.21 Å². The Morgan fingerprint density at radius 2 is 1.76 bits per heavy atom. The van der Waals surface area contributed by atoms with E-state index in [0.717, 1.165) is 11.3 Å². The topological polar surface area (TPSA) is 75.3 Å².